The van der Waals surface area contributed by atoms with E-state index in [1.165, 1.54) is 0 Å². The Balaban J connectivity index is 1.41. The Morgan fingerprint density at radius 1 is 1.02 bits per heavy atom. The van der Waals surface area contributed by atoms with Gasteiger partial charge in [-0.05, 0) is 54.5 Å². The third-order valence-electron chi connectivity index (χ3n) is 8.62. The van der Waals surface area contributed by atoms with E-state index in [4.69, 9.17) is 14.2 Å². The first kappa shape index (κ1) is 28.3. The molecule has 2 aromatic rings. The molecule has 3 unspecified atom stereocenters. The van der Waals surface area contributed by atoms with Gasteiger partial charge in [0, 0.05) is 38.0 Å². The Hall–Kier alpha value is -3.26. The largest absolute Gasteiger partial charge is 0.493 e. The summed E-state index contributed by atoms with van der Waals surface area (Å²) in [6.07, 6.45) is 6.09. The number of ether oxygens (including phenoxy) is 3. The fourth-order valence-corrected chi connectivity index (χ4v) is 6.45. The summed E-state index contributed by atoms with van der Waals surface area (Å²) in [6, 6.07) is 11.7. The number of likely N-dealkylation sites (tertiary alicyclic amines) is 1. The molecule has 1 fully saturated rings. The first-order valence-corrected chi connectivity index (χ1v) is 14.9. The Labute approximate surface area is 237 Å². The van der Waals surface area contributed by atoms with Crippen molar-refractivity contribution in [2.24, 2.45) is 5.92 Å². The molecule has 40 heavy (non-hydrogen) atoms. The minimum atomic E-state index is -0.812. The number of aliphatic carboxylic acids is 1. The minimum absolute atomic E-state index is 0.0939. The summed E-state index contributed by atoms with van der Waals surface area (Å²) in [5, 5.41) is 10.6. The molecule has 1 saturated heterocycles. The molecular weight excluding hydrogens is 508 g/mol. The average Bonchev–Trinajstić information content (AvgIpc) is 3.70. The predicted octanol–water partition coefficient (Wildman–Crippen LogP) is 4.88. The van der Waals surface area contributed by atoms with Crippen LogP contribution in [0.5, 0.6) is 17.2 Å². The van der Waals surface area contributed by atoms with E-state index in [0.717, 1.165) is 79.1 Å². The zero-order valence-electron chi connectivity index (χ0n) is 23.8. The van der Waals surface area contributed by atoms with Crippen LogP contribution in [0.1, 0.15) is 68.6 Å². The monoisotopic (exact) mass is 550 g/mol. The number of para-hydroxylation sites is 1. The summed E-state index contributed by atoms with van der Waals surface area (Å²) < 4.78 is 17.0. The van der Waals surface area contributed by atoms with E-state index in [1.807, 2.05) is 35.2 Å². The number of fused-ring (bicyclic) bond motifs is 2. The van der Waals surface area contributed by atoms with Crippen LogP contribution in [0.3, 0.4) is 0 Å². The van der Waals surface area contributed by atoms with Crippen LogP contribution in [-0.4, -0.2) is 72.4 Å². The van der Waals surface area contributed by atoms with Crippen LogP contribution in [0.15, 0.2) is 36.4 Å². The Kier molecular flexibility index (Phi) is 9.15. The smallest absolute Gasteiger partial charge is 0.308 e. The molecule has 0 aliphatic carbocycles. The number of nitrogens with zero attached hydrogens (tertiary/aromatic N) is 2. The average molecular weight is 551 g/mol. The van der Waals surface area contributed by atoms with Gasteiger partial charge in [-0.25, -0.2) is 0 Å². The van der Waals surface area contributed by atoms with Crippen molar-refractivity contribution in [2.45, 2.75) is 70.8 Å². The fraction of sp³-hybridized carbons (Fsp3) is 0.562. The minimum Gasteiger partial charge on any atom is -0.493 e. The SMILES string of the molecule is CCCCN(CCCC)C(=O)CN1CC(c2ccc3c(c2)CCO3)C(C(=O)O)C1CCc1cccc2c1OCO2. The van der Waals surface area contributed by atoms with Crippen molar-refractivity contribution >= 4 is 11.9 Å². The molecule has 0 bridgehead atoms. The molecule has 8 heteroatoms. The van der Waals surface area contributed by atoms with E-state index in [1.54, 1.807) is 0 Å². The van der Waals surface area contributed by atoms with Crippen molar-refractivity contribution < 1.29 is 28.9 Å². The highest BCUT2D eigenvalue weighted by molar-refractivity contribution is 5.79. The summed E-state index contributed by atoms with van der Waals surface area (Å²) in [5.41, 5.74) is 3.16. The number of carbonyl (C=O) groups is 2. The number of amides is 1. The number of carboxylic acids is 1. The van der Waals surface area contributed by atoms with Gasteiger partial charge in [0.2, 0.25) is 12.7 Å². The molecule has 8 nitrogen and oxygen atoms in total. The molecule has 0 saturated carbocycles. The van der Waals surface area contributed by atoms with E-state index in [2.05, 4.69) is 24.8 Å². The Morgan fingerprint density at radius 2 is 1.82 bits per heavy atom. The summed E-state index contributed by atoms with van der Waals surface area (Å²) >= 11 is 0. The maximum atomic E-state index is 13.6. The van der Waals surface area contributed by atoms with Crippen molar-refractivity contribution in [3.05, 3.63) is 53.1 Å². The molecule has 0 radical (unpaired) electrons. The quantitative estimate of drug-likeness (QED) is 0.380. The van der Waals surface area contributed by atoms with Gasteiger partial charge in [0.15, 0.2) is 11.5 Å². The summed E-state index contributed by atoms with van der Waals surface area (Å²) in [7, 11) is 0. The van der Waals surface area contributed by atoms with E-state index >= 15 is 0 Å². The number of benzene rings is 2. The van der Waals surface area contributed by atoms with Gasteiger partial charge >= 0.3 is 5.97 Å². The van der Waals surface area contributed by atoms with Gasteiger partial charge in [-0.1, -0.05) is 51.0 Å². The van der Waals surface area contributed by atoms with Crippen LogP contribution < -0.4 is 14.2 Å². The molecule has 3 heterocycles. The number of hydrogen-bond acceptors (Lipinski definition) is 6. The van der Waals surface area contributed by atoms with Gasteiger partial charge in [-0.3, -0.25) is 14.5 Å². The van der Waals surface area contributed by atoms with Crippen LogP contribution in [0.2, 0.25) is 0 Å². The van der Waals surface area contributed by atoms with Crippen LogP contribution in [-0.2, 0) is 22.4 Å². The lowest BCUT2D eigenvalue weighted by molar-refractivity contribution is -0.143. The lowest BCUT2D eigenvalue weighted by Gasteiger charge is -2.30. The van der Waals surface area contributed by atoms with E-state index in [-0.39, 0.29) is 31.2 Å². The maximum Gasteiger partial charge on any atom is 0.308 e. The highest BCUT2D eigenvalue weighted by Crippen LogP contribution is 2.42. The van der Waals surface area contributed by atoms with Crippen molar-refractivity contribution in [1.82, 2.24) is 9.80 Å². The zero-order chi connectivity index (χ0) is 28.1. The zero-order valence-corrected chi connectivity index (χ0v) is 23.8. The molecule has 0 spiro atoms. The molecule has 0 aromatic heterocycles. The molecule has 5 rings (SSSR count). The van der Waals surface area contributed by atoms with E-state index in [0.29, 0.717) is 26.0 Å². The van der Waals surface area contributed by atoms with E-state index < -0.39 is 11.9 Å². The third kappa shape index (κ3) is 6.07. The molecule has 2 aromatic carbocycles. The van der Waals surface area contributed by atoms with E-state index in [9.17, 15) is 14.7 Å². The van der Waals surface area contributed by atoms with Crippen molar-refractivity contribution in [3.63, 3.8) is 0 Å². The van der Waals surface area contributed by atoms with Gasteiger partial charge in [0.05, 0.1) is 19.1 Å². The maximum absolute atomic E-state index is 13.6. The fourth-order valence-electron chi connectivity index (χ4n) is 6.45. The first-order chi connectivity index (χ1) is 19.5. The van der Waals surface area contributed by atoms with Gasteiger partial charge in [0.1, 0.15) is 5.75 Å². The first-order valence-electron chi connectivity index (χ1n) is 14.9. The number of aryl methyl sites for hydroxylation is 1. The second-order valence-electron chi connectivity index (χ2n) is 11.2. The highest BCUT2D eigenvalue weighted by atomic mass is 16.7. The lowest BCUT2D eigenvalue weighted by atomic mass is 9.83. The topological polar surface area (TPSA) is 88.5 Å². The van der Waals surface area contributed by atoms with Crippen molar-refractivity contribution in [3.8, 4) is 17.2 Å². The van der Waals surface area contributed by atoms with Crippen LogP contribution >= 0.6 is 0 Å². The van der Waals surface area contributed by atoms with Crippen LogP contribution in [0, 0.1) is 5.92 Å². The van der Waals surface area contributed by atoms with Crippen molar-refractivity contribution in [2.75, 3.05) is 39.6 Å². The van der Waals surface area contributed by atoms with Gasteiger partial charge in [0.25, 0.3) is 0 Å². The molecular formula is C32H42N2O6. The second-order valence-corrected chi connectivity index (χ2v) is 11.2. The third-order valence-corrected chi connectivity index (χ3v) is 8.62. The predicted molar refractivity (Wildman–Crippen MR) is 152 cm³/mol. The van der Waals surface area contributed by atoms with Gasteiger partial charge in [-0.2, -0.15) is 0 Å². The summed E-state index contributed by atoms with van der Waals surface area (Å²) in [4.78, 5) is 30.6. The molecule has 216 valence electrons. The molecule has 1 N–H and O–H groups in total. The van der Waals surface area contributed by atoms with Crippen molar-refractivity contribution in [1.29, 1.82) is 0 Å². The normalized spacial score (nSPS) is 21.3. The standard InChI is InChI=1S/C32H42N2O6/c1-3-5-15-33(16-6-4-2)29(35)20-34-19-25(23-11-13-27-24(18-23)14-17-38-27)30(32(36)37)26(34)12-10-22-8-7-9-28-31(22)40-21-39-28/h7-9,11,13,18,25-26,30H,3-6,10,12,14-17,19-21H2,1-2H3,(H,36,37). The second kappa shape index (κ2) is 12.9. The number of unbranched alkanes of at least 4 members (excludes halogenated alkanes) is 2. The van der Waals surface area contributed by atoms with Crippen LogP contribution in [0.4, 0.5) is 0 Å². The van der Waals surface area contributed by atoms with Gasteiger partial charge < -0.3 is 24.2 Å². The molecule has 3 atom stereocenters. The molecule has 3 aliphatic rings. The van der Waals surface area contributed by atoms with Gasteiger partial charge in [-0.15, -0.1) is 0 Å². The number of hydrogen-bond donors (Lipinski definition) is 1. The highest BCUT2D eigenvalue weighted by Gasteiger charge is 2.47. The Bertz CT molecular complexity index is 1190. The molecule has 3 aliphatic heterocycles. The molecule has 1 amide bonds. The summed E-state index contributed by atoms with van der Waals surface area (Å²) in [6.45, 7) is 7.40. The lowest BCUT2D eigenvalue weighted by Crippen LogP contribution is -2.44. The number of carbonyl (C=O) groups excluding carboxylic acids is 1. The summed E-state index contributed by atoms with van der Waals surface area (Å²) in [5.74, 6) is 0.815. The Morgan fingerprint density at radius 3 is 2.58 bits per heavy atom. The number of carboxylic acid groups (broad SMARTS) is 1. The number of rotatable bonds is 13. The van der Waals surface area contributed by atoms with Crippen LogP contribution in [0.25, 0.3) is 0 Å².